The van der Waals surface area contributed by atoms with Crippen LogP contribution in [0, 0.1) is 0 Å². The predicted molar refractivity (Wildman–Crippen MR) is 114 cm³/mol. The van der Waals surface area contributed by atoms with Crippen LogP contribution < -0.4 is 14.8 Å². The Labute approximate surface area is 182 Å². The number of methoxy groups -OCH3 is 2. The van der Waals surface area contributed by atoms with Crippen molar-refractivity contribution < 1.29 is 22.6 Å². The average molecular weight is 452 g/mol. The number of halogens is 4. The Hall–Kier alpha value is -2.87. The van der Waals surface area contributed by atoms with Crippen molar-refractivity contribution in [1.82, 2.24) is 9.78 Å². The van der Waals surface area contributed by atoms with Crippen molar-refractivity contribution in [2.45, 2.75) is 25.4 Å². The fourth-order valence-corrected chi connectivity index (χ4v) is 3.98. The Morgan fingerprint density at radius 1 is 1.06 bits per heavy atom. The van der Waals surface area contributed by atoms with Gasteiger partial charge in [-0.3, -0.25) is 0 Å². The molecule has 31 heavy (non-hydrogen) atoms. The first kappa shape index (κ1) is 21.4. The molecule has 0 atom stereocenters. The molecule has 3 aromatic rings. The van der Waals surface area contributed by atoms with Gasteiger partial charge >= 0.3 is 6.18 Å². The first-order chi connectivity index (χ1) is 14.8. The summed E-state index contributed by atoms with van der Waals surface area (Å²) in [6.07, 6.45) is -2.13. The van der Waals surface area contributed by atoms with Crippen molar-refractivity contribution >= 4 is 17.4 Å². The number of fused-ring (bicyclic) bond motifs is 1. The van der Waals surface area contributed by atoms with E-state index in [0.717, 1.165) is 24.5 Å². The zero-order chi connectivity index (χ0) is 22.2. The number of nitrogens with zero attached hydrogens (tertiary/aromatic N) is 2. The summed E-state index contributed by atoms with van der Waals surface area (Å²) in [7, 11) is 3.09. The SMILES string of the molecule is COc1ccc(OC)c(-c2nn(-c3ccc(Cl)cc3C(F)(F)F)c3c2CCCCN3)c1. The molecule has 0 fully saturated rings. The highest BCUT2D eigenvalue weighted by Crippen LogP contribution is 2.42. The highest BCUT2D eigenvalue weighted by molar-refractivity contribution is 6.30. The van der Waals surface area contributed by atoms with Crippen molar-refractivity contribution in [3.05, 3.63) is 52.5 Å². The molecule has 1 aliphatic heterocycles. The minimum atomic E-state index is -4.59. The summed E-state index contributed by atoms with van der Waals surface area (Å²) in [6, 6.07) is 9.00. The Bertz CT molecular complexity index is 1110. The summed E-state index contributed by atoms with van der Waals surface area (Å²) in [5, 5.41) is 7.92. The van der Waals surface area contributed by atoms with Crippen LogP contribution in [0.2, 0.25) is 5.02 Å². The Morgan fingerprint density at radius 3 is 2.58 bits per heavy atom. The van der Waals surface area contributed by atoms with Crippen molar-refractivity contribution in [2.75, 3.05) is 26.1 Å². The highest BCUT2D eigenvalue weighted by atomic mass is 35.5. The van der Waals surface area contributed by atoms with E-state index < -0.39 is 11.7 Å². The lowest BCUT2D eigenvalue weighted by molar-refractivity contribution is -0.137. The third kappa shape index (κ3) is 4.04. The lowest BCUT2D eigenvalue weighted by Gasteiger charge is -2.16. The second kappa shape index (κ2) is 8.34. The zero-order valence-corrected chi connectivity index (χ0v) is 17.8. The molecule has 4 rings (SSSR count). The topological polar surface area (TPSA) is 48.3 Å². The monoisotopic (exact) mass is 451 g/mol. The van der Waals surface area contributed by atoms with Crippen molar-refractivity contribution in [3.63, 3.8) is 0 Å². The molecule has 1 N–H and O–H groups in total. The summed E-state index contributed by atoms with van der Waals surface area (Å²) in [6.45, 7) is 0.641. The van der Waals surface area contributed by atoms with Gasteiger partial charge in [0.15, 0.2) is 0 Å². The van der Waals surface area contributed by atoms with Gasteiger partial charge in [-0.1, -0.05) is 11.6 Å². The molecular formula is C22H21ClF3N3O2. The molecule has 0 radical (unpaired) electrons. The van der Waals surface area contributed by atoms with Crippen molar-refractivity contribution in [1.29, 1.82) is 0 Å². The summed E-state index contributed by atoms with van der Waals surface area (Å²) >= 11 is 5.88. The number of nitrogens with one attached hydrogen (secondary N) is 1. The molecule has 0 saturated heterocycles. The lowest BCUT2D eigenvalue weighted by atomic mass is 10.0. The molecule has 0 unspecified atom stereocenters. The molecule has 0 aliphatic carbocycles. The number of hydrogen-bond acceptors (Lipinski definition) is 4. The van der Waals surface area contributed by atoms with Gasteiger partial charge in [-0.25, -0.2) is 4.68 Å². The quantitative estimate of drug-likeness (QED) is 0.530. The molecule has 9 heteroatoms. The molecule has 164 valence electrons. The lowest BCUT2D eigenvalue weighted by Crippen LogP contribution is -2.14. The van der Waals surface area contributed by atoms with Crippen molar-refractivity contribution in [3.8, 4) is 28.4 Å². The Morgan fingerprint density at radius 2 is 1.87 bits per heavy atom. The van der Waals surface area contributed by atoms with E-state index in [9.17, 15) is 13.2 Å². The largest absolute Gasteiger partial charge is 0.497 e. The van der Waals surface area contributed by atoms with Crippen LogP contribution in [0.25, 0.3) is 16.9 Å². The maximum absolute atomic E-state index is 13.8. The summed E-state index contributed by atoms with van der Waals surface area (Å²) in [5.41, 5.74) is 1.12. The van der Waals surface area contributed by atoms with Gasteiger partial charge in [-0.15, -0.1) is 0 Å². The standard InChI is InChI=1S/C22H21ClF3N3O2/c1-30-14-7-9-19(31-2)16(12-14)20-15-5-3-4-10-27-21(15)29(28-20)18-8-6-13(23)11-17(18)22(24,25)26/h6-9,11-12,27H,3-5,10H2,1-2H3. The van der Waals surface area contributed by atoms with Gasteiger partial charge in [-0.05, 0) is 55.7 Å². The molecule has 1 aliphatic rings. The molecule has 1 aromatic heterocycles. The van der Waals surface area contributed by atoms with Gasteiger partial charge < -0.3 is 14.8 Å². The third-order valence-corrected chi connectivity index (χ3v) is 5.52. The molecule has 0 amide bonds. The molecular weight excluding hydrogens is 431 g/mol. The molecule has 2 aromatic carbocycles. The van der Waals surface area contributed by atoms with Crippen LogP contribution >= 0.6 is 11.6 Å². The maximum atomic E-state index is 13.8. The smallest absolute Gasteiger partial charge is 0.418 e. The number of aromatic nitrogens is 2. The van der Waals surface area contributed by atoms with Crippen molar-refractivity contribution in [2.24, 2.45) is 0 Å². The maximum Gasteiger partial charge on any atom is 0.418 e. The number of rotatable bonds is 4. The van der Waals surface area contributed by atoms with Crippen LogP contribution in [0.4, 0.5) is 19.0 Å². The van der Waals surface area contributed by atoms with Crippen LogP contribution in [0.5, 0.6) is 11.5 Å². The second-order valence-electron chi connectivity index (χ2n) is 7.20. The summed E-state index contributed by atoms with van der Waals surface area (Å²) in [4.78, 5) is 0. The van der Waals surface area contributed by atoms with Gasteiger partial charge in [0.2, 0.25) is 0 Å². The highest BCUT2D eigenvalue weighted by Gasteiger charge is 2.36. The zero-order valence-electron chi connectivity index (χ0n) is 17.0. The van der Waals surface area contributed by atoms with Gasteiger partial charge in [-0.2, -0.15) is 18.3 Å². The Balaban J connectivity index is 1.99. The average Bonchev–Trinajstić information content (AvgIpc) is 2.93. The number of hydrogen-bond donors (Lipinski definition) is 1. The summed E-state index contributed by atoms with van der Waals surface area (Å²) in [5.74, 6) is 1.71. The molecule has 5 nitrogen and oxygen atoms in total. The first-order valence-electron chi connectivity index (χ1n) is 9.78. The Kier molecular flexibility index (Phi) is 5.75. The number of alkyl halides is 3. The van der Waals surface area contributed by atoms with Crippen LogP contribution in [0.15, 0.2) is 36.4 Å². The van der Waals surface area contributed by atoms with E-state index in [1.54, 1.807) is 32.4 Å². The number of ether oxygens (including phenoxy) is 2. The fourth-order valence-electron chi connectivity index (χ4n) is 3.81. The van der Waals surface area contributed by atoms with Gasteiger partial charge in [0.05, 0.1) is 25.5 Å². The normalized spacial score (nSPS) is 13.9. The van der Waals surface area contributed by atoms with Gasteiger partial charge in [0.1, 0.15) is 23.0 Å². The van der Waals surface area contributed by atoms with E-state index >= 15 is 0 Å². The van der Waals surface area contributed by atoms with Gasteiger partial charge in [0.25, 0.3) is 0 Å². The van der Waals surface area contributed by atoms with E-state index in [-0.39, 0.29) is 10.7 Å². The predicted octanol–water partition coefficient (Wildman–Crippen LogP) is 5.98. The van der Waals surface area contributed by atoms with E-state index in [0.29, 0.717) is 41.5 Å². The molecule has 2 heterocycles. The van der Waals surface area contributed by atoms with Crippen LogP contribution in [-0.2, 0) is 12.6 Å². The van der Waals surface area contributed by atoms with Crippen LogP contribution in [0.1, 0.15) is 24.0 Å². The minimum Gasteiger partial charge on any atom is -0.497 e. The second-order valence-corrected chi connectivity index (χ2v) is 7.63. The van der Waals surface area contributed by atoms with Crippen LogP contribution in [0.3, 0.4) is 0 Å². The van der Waals surface area contributed by atoms with Gasteiger partial charge in [0, 0.05) is 22.7 Å². The third-order valence-electron chi connectivity index (χ3n) is 5.28. The van der Waals surface area contributed by atoms with Crippen LogP contribution in [-0.4, -0.2) is 30.5 Å². The first-order valence-corrected chi connectivity index (χ1v) is 10.2. The molecule has 0 bridgehead atoms. The minimum absolute atomic E-state index is 0.0111. The summed E-state index contributed by atoms with van der Waals surface area (Å²) < 4.78 is 53.6. The fraction of sp³-hybridized carbons (Fsp3) is 0.318. The number of anilines is 1. The van der Waals surface area contributed by atoms with E-state index in [2.05, 4.69) is 10.4 Å². The van der Waals surface area contributed by atoms with E-state index in [1.165, 1.54) is 16.8 Å². The molecule has 0 saturated carbocycles. The molecule has 0 spiro atoms. The van der Waals surface area contributed by atoms with E-state index in [4.69, 9.17) is 21.1 Å². The number of benzene rings is 2. The van der Waals surface area contributed by atoms with E-state index in [1.807, 2.05) is 0 Å².